The van der Waals surface area contributed by atoms with E-state index in [0.29, 0.717) is 11.2 Å². The summed E-state index contributed by atoms with van der Waals surface area (Å²) in [5.74, 6) is 0.400. The second-order valence-corrected chi connectivity index (χ2v) is 5.52. The van der Waals surface area contributed by atoms with E-state index < -0.39 is 0 Å². The van der Waals surface area contributed by atoms with Crippen LogP contribution in [0.2, 0.25) is 0 Å². The van der Waals surface area contributed by atoms with Crippen LogP contribution in [0.15, 0.2) is 18.2 Å². The van der Waals surface area contributed by atoms with Crippen molar-refractivity contribution in [2.45, 2.75) is 46.1 Å². The standard InChI is InChI=1S/C15H23NO/c1-4-15(7-8-15)10-16-12(3)13-9-11(2)5-6-14(13)17/h5-6,9,12,16-17H,4,7-8,10H2,1-3H3. The highest BCUT2D eigenvalue weighted by atomic mass is 16.3. The van der Waals surface area contributed by atoms with Crippen LogP contribution in [0, 0.1) is 12.3 Å². The first-order chi connectivity index (χ1) is 8.06. The molecule has 0 bridgehead atoms. The summed E-state index contributed by atoms with van der Waals surface area (Å²) in [5, 5.41) is 13.4. The summed E-state index contributed by atoms with van der Waals surface area (Å²) in [4.78, 5) is 0. The predicted octanol–water partition coefficient (Wildman–Crippen LogP) is 3.54. The van der Waals surface area contributed by atoms with Crippen molar-refractivity contribution >= 4 is 0 Å². The summed E-state index contributed by atoms with van der Waals surface area (Å²) < 4.78 is 0. The number of hydrogen-bond acceptors (Lipinski definition) is 2. The number of hydrogen-bond donors (Lipinski definition) is 2. The Balaban J connectivity index is 1.99. The van der Waals surface area contributed by atoms with Gasteiger partial charge in [-0.15, -0.1) is 0 Å². The Kier molecular flexibility index (Phi) is 3.43. The van der Waals surface area contributed by atoms with Crippen LogP contribution < -0.4 is 5.32 Å². The highest BCUT2D eigenvalue weighted by Gasteiger charge is 2.40. The minimum Gasteiger partial charge on any atom is -0.508 e. The third-order valence-corrected chi connectivity index (χ3v) is 4.14. The quantitative estimate of drug-likeness (QED) is 0.815. The maximum atomic E-state index is 9.87. The van der Waals surface area contributed by atoms with Crippen molar-refractivity contribution in [3.8, 4) is 5.75 Å². The Labute approximate surface area is 104 Å². The number of phenols is 1. The van der Waals surface area contributed by atoms with Crippen molar-refractivity contribution in [3.63, 3.8) is 0 Å². The molecule has 2 nitrogen and oxygen atoms in total. The molecule has 2 N–H and O–H groups in total. The molecule has 1 aliphatic rings. The van der Waals surface area contributed by atoms with E-state index in [4.69, 9.17) is 0 Å². The summed E-state index contributed by atoms with van der Waals surface area (Å²) in [6, 6.07) is 6.02. The van der Waals surface area contributed by atoms with Gasteiger partial charge in [-0.3, -0.25) is 0 Å². The second kappa shape index (κ2) is 4.69. The average Bonchev–Trinajstić information content (AvgIpc) is 3.10. The van der Waals surface area contributed by atoms with Crippen molar-refractivity contribution in [2.75, 3.05) is 6.54 Å². The molecule has 1 fully saturated rings. The number of rotatable bonds is 5. The van der Waals surface area contributed by atoms with Crippen LogP contribution in [0.4, 0.5) is 0 Å². The van der Waals surface area contributed by atoms with Crippen LogP contribution in [0.1, 0.15) is 50.3 Å². The molecule has 0 aliphatic heterocycles. The van der Waals surface area contributed by atoms with Crippen LogP contribution in [-0.4, -0.2) is 11.7 Å². The van der Waals surface area contributed by atoms with Gasteiger partial charge in [0.25, 0.3) is 0 Å². The lowest BCUT2D eigenvalue weighted by Crippen LogP contribution is -2.26. The maximum absolute atomic E-state index is 9.87. The van der Waals surface area contributed by atoms with Gasteiger partial charge in [-0.05, 0) is 44.6 Å². The van der Waals surface area contributed by atoms with E-state index in [0.717, 1.165) is 12.1 Å². The van der Waals surface area contributed by atoms with E-state index in [1.54, 1.807) is 6.07 Å². The number of nitrogens with one attached hydrogen (secondary N) is 1. The fraction of sp³-hybridized carbons (Fsp3) is 0.600. The third kappa shape index (κ3) is 2.81. The van der Waals surface area contributed by atoms with E-state index in [2.05, 4.69) is 32.2 Å². The summed E-state index contributed by atoms with van der Waals surface area (Å²) in [7, 11) is 0. The normalized spacial score (nSPS) is 19.0. The second-order valence-electron chi connectivity index (χ2n) is 5.52. The molecule has 2 heteroatoms. The molecule has 0 spiro atoms. The zero-order valence-corrected chi connectivity index (χ0v) is 11.1. The molecule has 1 aromatic carbocycles. The fourth-order valence-electron chi connectivity index (χ4n) is 2.33. The molecule has 0 heterocycles. The van der Waals surface area contributed by atoms with Crippen LogP contribution in [0.3, 0.4) is 0 Å². The fourth-order valence-corrected chi connectivity index (χ4v) is 2.33. The summed E-state index contributed by atoms with van der Waals surface area (Å²) >= 11 is 0. The molecule has 0 saturated heterocycles. The molecule has 0 radical (unpaired) electrons. The van der Waals surface area contributed by atoms with Crippen LogP contribution in [-0.2, 0) is 0 Å². The maximum Gasteiger partial charge on any atom is 0.120 e. The van der Waals surface area contributed by atoms with Gasteiger partial charge < -0.3 is 10.4 Å². The zero-order valence-electron chi connectivity index (χ0n) is 11.1. The SMILES string of the molecule is CCC1(CNC(C)c2cc(C)ccc2O)CC1. The topological polar surface area (TPSA) is 32.3 Å². The molecule has 1 unspecified atom stereocenters. The minimum atomic E-state index is 0.221. The van der Waals surface area contributed by atoms with Gasteiger partial charge in [0.1, 0.15) is 5.75 Å². The highest BCUT2D eigenvalue weighted by Crippen LogP contribution is 2.48. The lowest BCUT2D eigenvalue weighted by Gasteiger charge is -2.20. The van der Waals surface area contributed by atoms with Crippen molar-refractivity contribution < 1.29 is 5.11 Å². The van der Waals surface area contributed by atoms with Gasteiger partial charge in [-0.2, -0.15) is 0 Å². The van der Waals surface area contributed by atoms with Gasteiger partial charge in [0.15, 0.2) is 0 Å². The van der Waals surface area contributed by atoms with E-state index >= 15 is 0 Å². The molecule has 1 atom stereocenters. The van der Waals surface area contributed by atoms with Crippen molar-refractivity contribution in [1.82, 2.24) is 5.32 Å². The van der Waals surface area contributed by atoms with Gasteiger partial charge in [0.05, 0.1) is 0 Å². The Bertz CT molecular complexity index is 396. The zero-order chi connectivity index (χ0) is 12.5. The van der Waals surface area contributed by atoms with Crippen LogP contribution in [0.5, 0.6) is 5.75 Å². The van der Waals surface area contributed by atoms with Crippen molar-refractivity contribution in [1.29, 1.82) is 0 Å². The first kappa shape index (κ1) is 12.4. The Morgan fingerprint density at radius 3 is 2.71 bits per heavy atom. The Morgan fingerprint density at radius 1 is 1.41 bits per heavy atom. The monoisotopic (exact) mass is 233 g/mol. The van der Waals surface area contributed by atoms with Crippen molar-refractivity contribution in [3.05, 3.63) is 29.3 Å². The summed E-state index contributed by atoms with van der Waals surface area (Å²) in [6.07, 6.45) is 3.96. The molecular weight excluding hydrogens is 210 g/mol. The average molecular weight is 233 g/mol. The molecule has 0 amide bonds. The van der Waals surface area contributed by atoms with E-state index in [1.165, 1.54) is 24.8 Å². The number of phenolic OH excluding ortho intramolecular Hbond substituents is 1. The summed E-state index contributed by atoms with van der Waals surface area (Å²) in [6.45, 7) is 7.52. The molecule has 2 rings (SSSR count). The van der Waals surface area contributed by atoms with Crippen LogP contribution >= 0.6 is 0 Å². The first-order valence-electron chi connectivity index (χ1n) is 6.59. The predicted molar refractivity (Wildman–Crippen MR) is 71.2 cm³/mol. The molecule has 0 aromatic heterocycles. The van der Waals surface area contributed by atoms with Gasteiger partial charge in [0, 0.05) is 18.2 Å². The van der Waals surface area contributed by atoms with Gasteiger partial charge in [0.2, 0.25) is 0 Å². The smallest absolute Gasteiger partial charge is 0.120 e. The Morgan fingerprint density at radius 2 is 2.12 bits per heavy atom. The Hall–Kier alpha value is -1.02. The highest BCUT2D eigenvalue weighted by molar-refractivity contribution is 5.37. The molecule has 17 heavy (non-hydrogen) atoms. The van der Waals surface area contributed by atoms with Gasteiger partial charge in [-0.1, -0.05) is 24.6 Å². The molecular formula is C15H23NO. The molecule has 94 valence electrons. The molecule has 1 saturated carbocycles. The molecule has 1 aliphatic carbocycles. The lowest BCUT2D eigenvalue weighted by atomic mass is 10.0. The van der Waals surface area contributed by atoms with E-state index in [9.17, 15) is 5.11 Å². The lowest BCUT2D eigenvalue weighted by molar-refractivity contribution is 0.403. The largest absolute Gasteiger partial charge is 0.508 e. The molecule has 1 aromatic rings. The minimum absolute atomic E-state index is 0.221. The van der Waals surface area contributed by atoms with E-state index in [1.807, 2.05) is 6.07 Å². The van der Waals surface area contributed by atoms with Crippen LogP contribution in [0.25, 0.3) is 0 Å². The number of aromatic hydroxyl groups is 1. The van der Waals surface area contributed by atoms with Gasteiger partial charge in [-0.25, -0.2) is 0 Å². The van der Waals surface area contributed by atoms with E-state index in [-0.39, 0.29) is 6.04 Å². The third-order valence-electron chi connectivity index (χ3n) is 4.14. The van der Waals surface area contributed by atoms with Gasteiger partial charge >= 0.3 is 0 Å². The number of benzene rings is 1. The number of aryl methyl sites for hydroxylation is 1. The van der Waals surface area contributed by atoms with Crippen molar-refractivity contribution in [2.24, 2.45) is 5.41 Å². The summed E-state index contributed by atoms with van der Waals surface area (Å²) in [5.41, 5.74) is 2.76. The first-order valence-corrected chi connectivity index (χ1v) is 6.59.